The Bertz CT molecular complexity index is 1950. The van der Waals surface area contributed by atoms with E-state index >= 15 is 4.39 Å². The van der Waals surface area contributed by atoms with E-state index in [1.54, 1.807) is 0 Å². The third-order valence-corrected chi connectivity index (χ3v) is 11.3. The SMILES string of the molecule is O=c1[nH]cnc2c1ncn2[C@@H]1O[C@@H]2COP(O)(=S)O[C@@H]3C(O)[C@H](n4cnc5cc(Cl)c(Cl)cc54)O[C@@H]3COP(=O)(S)OC2[C@@H]1F. The van der Waals surface area contributed by atoms with Gasteiger partial charge in [0, 0.05) is 0 Å². The zero-order valence-electron chi connectivity index (χ0n) is 22.2. The molecule has 7 rings (SSSR count). The van der Waals surface area contributed by atoms with Crippen LogP contribution < -0.4 is 5.56 Å². The number of thiol groups is 1. The van der Waals surface area contributed by atoms with Crippen molar-refractivity contribution in [1.29, 1.82) is 0 Å². The van der Waals surface area contributed by atoms with E-state index in [1.807, 2.05) is 0 Å². The first-order valence-electron chi connectivity index (χ1n) is 13.0. The Morgan fingerprint density at radius 3 is 2.51 bits per heavy atom. The predicted molar refractivity (Wildman–Crippen MR) is 161 cm³/mol. The summed E-state index contributed by atoms with van der Waals surface area (Å²) in [4.78, 5) is 37.7. The van der Waals surface area contributed by atoms with Crippen molar-refractivity contribution < 1.29 is 46.5 Å². The Morgan fingerprint density at radius 2 is 1.71 bits per heavy atom. The van der Waals surface area contributed by atoms with E-state index in [2.05, 4.69) is 32.2 Å². The number of nitrogens with zero attached hydrogens (tertiary/aromatic N) is 5. The lowest BCUT2D eigenvalue weighted by atomic mass is 10.1. The van der Waals surface area contributed by atoms with E-state index in [-0.39, 0.29) is 21.2 Å². The fourth-order valence-electron chi connectivity index (χ4n) is 5.37. The number of fused-ring (bicyclic) bond motifs is 4. The van der Waals surface area contributed by atoms with Crippen molar-refractivity contribution in [3.05, 3.63) is 51.5 Å². The summed E-state index contributed by atoms with van der Waals surface area (Å²) >= 11 is 21.5. The summed E-state index contributed by atoms with van der Waals surface area (Å²) in [5.74, 6) is 0. The van der Waals surface area contributed by atoms with Crippen molar-refractivity contribution in [3.8, 4) is 0 Å². The molecule has 4 unspecified atom stereocenters. The Labute approximate surface area is 271 Å². The molecule has 6 heterocycles. The molecule has 0 radical (unpaired) electrons. The molecule has 0 aliphatic carbocycles. The van der Waals surface area contributed by atoms with Gasteiger partial charge in [0.05, 0.1) is 53.3 Å². The largest absolute Gasteiger partial charge is 0.386 e. The van der Waals surface area contributed by atoms with Gasteiger partial charge in [-0.05, 0) is 23.9 Å². The minimum absolute atomic E-state index is 0.00936. The third kappa shape index (κ3) is 5.91. The van der Waals surface area contributed by atoms with E-state index in [9.17, 15) is 19.4 Å². The Morgan fingerprint density at radius 1 is 1.02 bits per heavy atom. The molecule has 3 aliphatic heterocycles. The average molecular weight is 745 g/mol. The molecule has 0 amide bonds. The number of nitrogens with one attached hydrogen (secondary N) is 1. The molecule has 0 bridgehead atoms. The lowest BCUT2D eigenvalue weighted by Crippen LogP contribution is -2.38. The maximum Gasteiger partial charge on any atom is 0.386 e. The van der Waals surface area contributed by atoms with Crippen molar-refractivity contribution in [2.24, 2.45) is 0 Å². The van der Waals surface area contributed by atoms with Crippen LogP contribution in [-0.2, 0) is 43.9 Å². The van der Waals surface area contributed by atoms with Gasteiger partial charge in [-0.15, -0.1) is 0 Å². The Balaban J connectivity index is 1.17. The minimum atomic E-state index is -4.36. The molecule has 0 spiro atoms. The van der Waals surface area contributed by atoms with E-state index < -0.39 is 81.4 Å². The van der Waals surface area contributed by atoms with Crippen LogP contribution in [-0.4, -0.2) is 89.0 Å². The molecule has 3 N–H and O–H groups in total. The van der Waals surface area contributed by atoms with E-state index in [0.717, 1.165) is 17.2 Å². The summed E-state index contributed by atoms with van der Waals surface area (Å²) in [7, 11) is 0. The van der Waals surface area contributed by atoms with Crippen molar-refractivity contribution >= 4 is 83.0 Å². The van der Waals surface area contributed by atoms with Crippen molar-refractivity contribution in [1.82, 2.24) is 29.1 Å². The quantitative estimate of drug-likeness (QED) is 0.173. The predicted octanol–water partition coefficient (Wildman–Crippen LogP) is 3.04. The highest BCUT2D eigenvalue weighted by Crippen LogP contribution is 2.58. The van der Waals surface area contributed by atoms with Gasteiger partial charge >= 0.3 is 13.5 Å². The molecule has 3 aromatic heterocycles. The highest BCUT2D eigenvalue weighted by Gasteiger charge is 2.53. The summed E-state index contributed by atoms with van der Waals surface area (Å²) in [6.45, 7) is -9.72. The number of halogens is 3. The van der Waals surface area contributed by atoms with E-state index in [0.29, 0.717) is 11.0 Å². The minimum Gasteiger partial charge on any atom is -0.386 e. The first kappa shape index (κ1) is 32.0. The lowest BCUT2D eigenvalue weighted by molar-refractivity contribution is -0.0569. The summed E-state index contributed by atoms with van der Waals surface area (Å²) in [6, 6.07) is 3.06. The number of ether oxygens (including phenoxy) is 2. The molecule has 242 valence electrons. The number of alkyl halides is 1. The first-order chi connectivity index (χ1) is 21.3. The number of aromatic amines is 1. The number of hydrogen-bond donors (Lipinski definition) is 4. The van der Waals surface area contributed by atoms with Gasteiger partial charge in [-0.2, -0.15) is 0 Å². The van der Waals surface area contributed by atoms with Crippen LogP contribution in [0.2, 0.25) is 10.0 Å². The van der Waals surface area contributed by atoms with Crippen LogP contribution >= 0.6 is 49.0 Å². The first-order valence-corrected chi connectivity index (χ1v) is 19.0. The van der Waals surface area contributed by atoms with Gasteiger partial charge in [-0.1, -0.05) is 35.5 Å². The number of hydrogen-bond acceptors (Lipinski definition) is 13. The van der Waals surface area contributed by atoms with Gasteiger partial charge in [0.25, 0.3) is 5.56 Å². The van der Waals surface area contributed by atoms with Crippen LogP contribution in [0.5, 0.6) is 0 Å². The van der Waals surface area contributed by atoms with Gasteiger partial charge in [0.15, 0.2) is 29.8 Å². The fraction of sp³-hybridized carbons (Fsp3) is 0.455. The normalized spacial score (nSPS) is 37.7. The fourth-order valence-corrected chi connectivity index (χ4v) is 8.61. The van der Waals surface area contributed by atoms with Gasteiger partial charge in [-0.3, -0.25) is 22.9 Å². The van der Waals surface area contributed by atoms with Crippen LogP contribution in [0.15, 0.2) is 35.9 Å². The average Bonchev–Trinajstić information content (AvgIpc) is 3.73. The van der Waals surface area contributed by atoms with Crippen LogP contribution in [0.3, 0.4) is 0 Å². The van der Waals surface area contributed by atoms with Gasteiger partial charge in [0.2, 0.25) is 0 Å². The number of H-pyrrole nitrogens is 1. The third-order valence-electron chi connectivity index (χ3n) is 7.42. The van der Waals surface area contributed by atoms with Crippen molar-refractivity contribution in [3.63, 3.8) is 0 Å². The number of aromatic nitrogens is 6. The van der Waals surface area contributed by atoms with Crippen LogP contribution in [0.1, 0.15) is 12.5 Å². The van der Waals surface area contributed by atoms with E-state index in [1.165, 1.54) is 23.0 Å². The molecule has 45 heavy (non-hydrogen) atoms. The second-order valence-electron chi connectivity index (χ2n) is 10.2. The standard InChI is InChI=1S/C22H21Cl2FN6O10P2S2/c23-8-1-10-11(2-9(8)24)30(6-28-10)22-16(32)18-13(39-22)4-37-42(34,44)40-17-12(3-36-43(35,45)41-18)38-21(14(17)25)31-7-29-15-19(31)26-5-27-20(15)33/h1-2,5-7,12-14,16-18,21-22,32H,3-4H2,(H,34,44)(H,35,45)(H,26,27,33)/t12-,13-,14+,16?,17?,18+,21-,22-,42?,43?/m1/s1. The molecule has 3 aliphatic rings. The number of aliphatic hydroxyl groups excluding tert-OH is 1. The maximum absolute atomic E-state index is 16.0. The molecular formula is C22H21Cl2FN6O10P2S2. The second-order valence-corrected chi connectivity index (χ2v) is 16.7. The van der Waals surface area contributed by atoms with E-state index in [4.69, 9.17) is 62.6 Å². The molecule has 1 aromatic carbocycles. The zero-order chi connectivity index (χ0) is 31.8. The van der Waals surface area contributed by atoms with Crippen molar-refractivity contribution in [2.75, 3.05) is 13.2 Å². The van der Waals surface area contributed by atoms with Crippen LogP contribution in [0.25, 0.3) is 22.2 Å². The Kier molecular flexibility index (Phi) is 8.44. The van der Waals surface area contributed by atoms with Crippen LogP contribution in [0, 0.1) is 0 Å². The summed E-state index contributed by atoms with van der Waals surface area (Å²) < 4.78 is 66.0. The topological polar surface area (TPSA) is 194 Å². The number of rotatable bonds is 2. The second kappa shape index (κ2) is 11.9. The van der Waals surface area contributed by atoms with Gasteiger partial charge < -0.3 is 33.5 Å². The highest BCUT2D eigenvalue weighted by molar-refractivity contribution is 8.44. The lowest BCUT2D eigenvalue weighted by Gasteiger charge is -2.29. The van der Waals surface area contributed by atoms with Gasteiger partial charge in [0.1, 0.15) is 30.5 Å². The Hall–Kier alpha value is -1.54. The number of aliphatic hydroxyl groups is 1. The molecule has 3 saturated heterocycles. The molecule has 16 nitrogen and oxygen atoms in total. The molecular weight excluding hydrogens is 724 g/mol. The molecule has 3 fully saturated rings. The monoisotopic (exact) mass is 744 g/mol. The smallest absolute Gasteiger partial charge is 0.386 e. The zero-order valence-corrected chi connectivity index (χ0v) is 27.2. The number of benzene rings is 1. The molecule has 0 saturated carbocycles. The van der Waals surface area contributed by atoms with Gasteiger partial charge in [-0.25, -0.2) is 23.9 Å². The molecule has 23 heteroatoms. The maximum atomic E-state index is 16.0. The van der Waals surface area contributed by atoms with Crippen LogP contribution in [0.4, 0.5) is 4.39 Å². The van der Waals surface area contributed by atoms with Crippen molar-refractivity contribution in [2.45, 2.75) is 49.1 Å². The number of imidazole rings is 2. The summed E-state index contributed by atoms with van der Waals surface area (Å²) in [5.41, 5.74) is 0.279. The molecule has 10 atom stereocenters. The molecule has 4 aromatic rings. The summed E-state index contributed by atoms with van der Waals surface area (Å²) in [5, 5.41) is 11.8. The summed E-state index contributed by atoms with van der Waals surface area (Å²) in [6.07, 6.45) is -8.09. The highest BCUT2D eigenvalue weighted by atomic mass is 35.5.